The summed E-state index contributed by atoms with van der Waals surface area (Å²) in [4.78, 5) is 11.2. The number of benzene rings is 1. The summed E-state index contributed by atoms with van der Waals surface area (Å²) in [5, 5.41) is 10.2. The van der Waals surface area contributed by atoms with E-state index in [9.17, 15) is 9.90 Å². The van der Waals surface area contributed by atoms with E-state index < -0.39 is 11.8 Å². The zero-order valence-corrected chi connectivity index (χ0v) is 8.78. The molecule has 1 N–H and O–H groups in total. The van der Waals surface area contributed by atoms with Gasteiger partial charge in [0.05, 0.1) is 5.57 Å². The quantitative estimate of drug-likeness (QED) is 0.742. The molecule has 15 heavy (non-hydrogen) atoms. The van der Waals surface area contributed by atoms with Gasteiger partial charge in [0, 0.05) is 5.56 Å². The van der Waals surface area contributed by atoms with Crippen LogP contribution in [0.4, 0.5) is 0 Å². The summed E-state index contributed by atoms with van der Waals surface area (Å²) in [5.41, 5.74) is 0.684. The highest BCUT2D eigenvalue weighted by atomic mass is 35.5. The molecule has 1 aromatic carbocycles. The average Bonchev–Trinajstić information content (AvgIpc) is 2.45. The minimum Gasteiger partial charge on any atom is -0.420 e. The standard InChI is InChI=1S/C11H9ClO3/c1-7-9(12)11(14,15-10(7)13)8-5-3-2-4-6-8/h2-6,14H,1H3. The van der Waals surface area contributed by atoms with Crippen LogP contribution < -0.4 is 0 Å². The summed E-state index contributed by atoms with van der Waals surface area (Å²) in [6, 6.07) is 8.56. The van der Waals surface area contributed by atoms with E-state index >= 15 is 0 Å². The van der Waals surface area contributed by atoms with Gasteiger partial charge in [-0.25, -0.2) is 4.79 Å². The molecular formula is C11H9ClO3. The number of ether oxygens (including phenoxy) is 1. The molecule has 1 aromatic rings. The molecule has 1 atom stereocenters. The molecule has 0 bridgehead atoms. The van der Waals surface area contributed by atoms with Crippen LogP contribution in [0.2, 0.25) is 0 Å². The van der Waals surface area contributed by atoms with E-state index in [-0.39, 0.29) is 10.6 Å². The lowest BCUT2D eigenvalue weighted by molar-refractivity contribution is -0.183. The van der Waals surface area contributed by atoms with Gasteiger partial charge in [0.1, 0.15) is 5.03 Å². The van der Waals surface area contributed by atoms with Crippen LogP contribution in [0, 0.1) is 0 Å². The van der Waals surface area contributed by atoms with Crippen LogP contribution in [-0.4, -0.2) is 11.1 Å². The summed E-state index contributed by atoms with van der Waals surface area (Å²) in [7, 11) is 0. The highest BCUT2D eigenvalue weighted by molar-refractivity contribution is 6.33. The van der Waals surface area contributed by atoms with Gasteiger partial charge in [-0.05, 0) is 6.92 Å². The molecule has 4 heteroatoms. The maximum atomic E-state index is 11.2. The largest absolute Gasteiger partial charge is 0.420 e. The summed E-state index contributed by atoms with van der Waals surface area (Å²) >= 11 is 5.88. The SMILES string of the molecule is CC1=C(Cl)C(O)(c2ccccc2)OC1=O. The first-order valence-electron chi connectivity index (χ1n) is 4.44. The minimum atomic E-state index is -1.82. The summed E-state index contributed by atoms with van der Waals surface area (Å²) < 4.78 is 4.87. The van der Waals surface area contributed by atoms with E-state index in [1.165, 1.54) is 6.92 Å². The van der Waals surface area contributed by atoms with Crippen molar-refractivity contribution < 1.29 is 14.6 Å². The molecule has 1 heterocycles. The minimum absolute atomic E-state index is 0.0266. The average molecular weight is 225 g/mol. The molecule has 0 amide bonds. The Morgan fingerprint density at radius 1 is 1.33 bits per heavy atom. The smallest absolute Gasteiger partial charge is 0.338 e. The fourth-order valence-corrected chi connectivity index (χ4v) is 1.67. The number of carbonyl (C=O) groups excluding carboxylic acids is 1. The second kappa shape index (κ2) is 3.36. The normalized spacial score (nSPS) is 25.7. The van der Waals surface area contributed by atoms with Crippen LogP contribution in [0.1, 0.15) is 12.5 Å². The van der Waals surface area contributed by atoms with Crippen molar-refractivity contribution in [1.82, 2.24) is 0 Å². The third-order valence-electron chi connectivity index (χ3n) is 2.34. The first kappa shape index (κ1) is 10.2. The zero-order valence-electron chi connectivity index (χ0n) is 8.03. The van der Waals surface area contributed by atoms with E-state index in [4.69, 9.17) is 16.3 Å². The lowest BCUT2D eigenvalue weighted by Crippen LogP contribution is -2.26. The maximum Gasteiger partial charge on any atom is 0.338 e. The third-order valence-corrected chi connectivity index (χ3v) is 2.88. The molecule has 0 spiro atoms. The molecule has 78 valence electrons. The van der Waals surface area contributed by atoms with Gasteiger partial charge in [0.15, 0.2) is 0 Å². The molecule has 3 nitrogen and oxygen atoms in total. The highest BCUT2D eigenvalue weighted by Gasteiger charge is 2.45. The van der Waals surface area contributed by atoms with Crippen molar-refractivity contribution in [3.8, 4) is 0 Å². The van der Waals surface area contributed by atoms with Gasteiger partial charge < -0.3 is 9.84 Å². The molecule has 1 aliphatic rings. The first-order valence-corrected chi connectivity index (χ1v) is 4.81. The van der Waals surface area contributed by atoms with Crippen molar-refractivity contribution in [2.24, 2.45) is 0 Å². The molecule has 1 aliphatic heterocycles. The molecule has 0 saturated carbocycles. The van der Waals surface area contributed by atoms with E-state index in [1.807, 2.05) is 0 Å². The maximum absolute atomic E-state index is 11.2. The number of carbonyl (C=O) groups is 1. The highest BCUT2D eigenvalue weighted by Crippen LogP contribution is 2.40. The predicted octanol–water partition coefficient (Wildman–Crippen LogP) is 1.90. The second-order valence-corrected chi connectivity index (χ2v) is 3.72. The van der Waals surface area contributed by atoms with Crippen molar-refractivity contribution >= 4 is 17.6 Å². The van der Waals surface area contributed by atoms with Gasteiger partial charge in [-0.1, -0.05) is 41.9 Å². The monoisotopic (exact) mass is 224 g/mol. The second-order valence-electron chi connectivity index (χ2n) is 3.34. The number of aliphatic hydroxyl groups is 1. The van der Waals surface area contributed by atoms with Gasteiger partial charge in [-0.2, -0.15) is 0 Å². The molecule has 0 saturated heterocycles. The predicted molar refractivity (Wildman–Crippen MR) is 55.0 cm³/mol. The number of halogens is 1. The van der Waals surface area contributed by atoms with Gasteiger partial charge in [0.25, 0.3) is 5.79 Å². The topological polar surface area (TPSA) is 46.5 Å². The van der Waals surface area contributed by atoms with E-state index in [1.54, 1.807) is 30.3 Å². The zero-order chi connectivity index (χ0) is 11.1. The number of hydrogen-bond donors (Lipinski definition) is 1. The van der Waals surface area contributed by atoms with Crippen molar-refractivity contribution in [3.05, 3.63) is 46.5 Å². The van der Waals surface area contributed by atoms with Crippen LogP contribution in [0.5, 0.6) is 0 Å². The molecule has 0 fully saturated rings. The van der Waals surface area contributed by atoms with Gasteiger partial charge in [-0.3, -0.25) is 0 Å². The Labute approximate surface area is 91.9 Å². The number of cyclic esters (lactones) is 1. The molecule has 0 radical (unpaired) electrons. The Hall–Kier alpha value is -1.32. The molecule has 2 rings (SSSR count). The Kier molecular flexibility index (Phi) is 2.29. The third kappa shape index (κ3) is 1.44. The van der Waals surface area contributed by atoms with Crippen molar-refractivity contribution in [2.75, 3.05) is 0 Å². The fraction of sp³-hybridized carbons (Fsp3) is 0.182. The van der Waals surface area contributed by atoms with E-state index in [0.29, 0.717) is 5.56 Å². The number of hydrogen-bond acceptors (Lipinski definition) is 3. The van der Waals surface area contributed by atoms with Crippen molar-refractivity contribution in [3.63, 3.8) is 0 Å². The van der Waals surface area contributed by atoms with E-state index in [2.05, 4.69) is 0 Å². The molecule has 1 unspecified atom stereocenters. The van der Waals surface area contributed by atoms with Gasteiger partial charge >= 0.3 is 5.97 Å². The first-order chi connectivity index (χ1) is 7.05. The Balaban J connectivity index is 2.51. The van der Waals surface area contributed by atoms with Crippen LogP contribution >= 0.6 is 11.6 Å². The van der Waals surface area contributed by atoms with Crippen LogP contribution in [0.25, 0.3) is 0 Å². The Bertz CT molecular complexity index is 438. The fourth-order valence-electron chi connectivity index (χ4n) is 1.45. The molecule has 0 aromatic heterocycles. The van der Waals surface area contributed by atoms with Crippen LogP contribution in [-0.2, 0) is 15.3 Å². The number of rotatable bonds is 1. The Morgan fingerprint density at radius 3 is 2.40 bits per heavy atom. The van der Waals surface area contributed by atoms with Gasteiger partial charge in [0.2, 0.25) is 0 Å². The van der Waals surface area contributed by atoms with Crippen molar-refractivity contribution in [2.45, 2.75) is 12.7 Å². The van der Waals surface area contributed by atoms with Crippen molar-refractivity contribution in [1.29, 1.82) is 0 Å². The van der Waals surface area contributed by atoms with Gasteiger partial charge in [-0.15, -0.1) is 0 Å². The summed E-state index contributed by atoms with van der Waals surface area (Å²) in [6.45, 7) is 1.52. The Morgan fingerprint density at radius 2 is 1.93 bits per heavy atom. The van der Waals surface area contributed by atoms with Crippen LogP contribution in [0.3, 0.4) is 0 Å². The van der Waals surface area contributed by atoms with E-state index in [0.717, 1.165) is 0 Å². The van der Waals surface area contributed by atoms with Crippen LogP contribution in [0.15, 0.2) is 40.9 Å². The molecule has 0 aliphatic carbocycles. The lowest BCUT2D eigenvalue weighted by Gasteiger charge is -2.21. The summed E-state index contributed by atoms with van der Waals surface area (Å²) in [5.74, 6) is -2.41. The molecular weight excluding hydrogens is 216 g/mol. The number of esters is 1. The summed E-state index contributed by atoms with van der Waals surface area (Å²) in [6.07, 6.45) is 0. The lowest BCUT2D eigenvalue weighted by atomic mass is 10.1.